The third kappa shape index (κ3) is 5.35. The SMILES string of the molecule is CC[C@@H](C)C/C=C/C(=O)O. The molecule has 0 saturated heterocycles. The number of carboxylic acid groups (broad SMARTS) is 1. The van der Waals surface area contributed by atoms with Crippen LogP contribution in [0, 0.1) is 5.92 Å². The van der Waals surface area contributed by atoms with E-state index in [0.717, 1.165) is 12.8 Å². The second kappa shape index (κ2) is 5.03. The molecule has 0 aliphatic carbocycles. The van der Waals surface area contributed by atoms with E-state index in [1.807, 2.05) is 0 Å². The van der Waals surface area contributed by atoms with Gasteiger partial charge in [0.25, 0.3) is 0 Å². The van der Waals surface area contributed by atoms with Crippen molar-refractivity contribution in [3.63, 3.8) is 0 Å². The number of rotatable bonds is 4. The molecule has 0 spiro atoms. The van der Waals surface area contributed by atoms with Gasteiger partial charge in [-0.3, -0.25) is 0 Å². The van der Waals surface area contributed by atoms with Crippen molar-refractivity contribution in [1.29, 1.82) is 0 Å². The molecule has 1 N–H and O–H groups in total. The van der Waals surface area contributed by atoms with Crippen LogP contribution >= 0.6 is 0 Å². The minimum Gasteiger partial charge on any atom is -0.478 e. The lowest BCUT2D eigenvalue weighted by Gasteiger charge is -2.00. The fraction of sp³-hybridized carbons (Fsp3) is 0.625. The Balaban J connectivity index is 3.43. The van der Waals surface area contributed by atoms with Crippen LogP contribution in [-0.2, 0) is 4.79 Å². The molecular formula is C8H14O2. The van der Waals surface area contributed by atoms with Gasteiger partial charge in [-0.25, -0.2) is 4.79 Å². The van der Waals surface area contributed by atoms with E-state index in [4.69, 9.17) is 5.11 Å². The van der Waals surface area contributed by atoms with Gasteiger partial charge in [0.05, 0.1) is 0 Å². The fourth-order valence-electron chi connectivity index (χ4n) is 0.568. The van der Waals surface area contributed by atoms with E-state index in [0.29, 0.717) is 5.92 Å². The molecule has 0 aromatic heterocycles. The van der Waals surface area contributed by atoms with Crippen molar-refractivity contribution in [3.05, 3.63) is 12.2 Å². The molecule has 0 aromatic rings. The van der Waals surface area contributed by atoms with Crippen LogP contribution in [-0.4, -0.2) is 11.1 Å². The lowest BCUT2D eigenvalue weighted by molar-refractivity contribution is -0.131. The largest absolute Gasteiger partial charge is 0.478 e. The molecule has 0 fully saturated rings. The molecule has 0 saturated carbocycles. The molecule has 0 amide bonds. The van der Waals surface area contributed by atoms with Gasteiger partial charge in [0, 0.05) is 6.08 Å². The summed E-state index contributed by atoms with van der Waals surface area (Å²) in [5, 5.41) is 8.21. The molecule has 0 rings (SSSR count). The third-order valence-electron chi connectivity index (χ3n) is 1.50. The molecule has 0 bridgehead atoms. The van der Waals surface area contributed by atoms with Crippen LogP contribution in [0.2, 0.25) is 0 Å². The van der Waals surface area contributed by atoms with Gasteiger partial charge >= 0.3 is 5.97 Å². The molecule has 58 valence electrons. The molecule has 2 heteroatoms. The molecule has 1 atom stereocenters. The molecule has 2 nitrogen and oxygen atoms in total. The van der Waals surface area contributed by atoms with Gasteiger partial charge < -0.3 is 5.11 Å². The smallest absolute Gasteiger partial charge is 0.327 e. The molecule has 0 heterocycles. The predicted octanol–water partition coefficient (Wildman–Crippen LogP) is 2.06. The highest BCUT2D eigenvalue weighted by atomic mass is 16.4. The second-order valence-electron chi connectivity index (χ2n) is 2.49. The van der Waals surface area contributed by atoms with E-state index < -0.39 is 5.97 Å². The Morgan fingerprint density at radius 1 is 1.70 bits per heavy atom. The second-order valence-corrected chi connectivity index (χ2v) is 2.49. The van der Waals surface area contributed by atoms with Crippen LogP contribution in [0.4, 0.5) is 0 Å². The summed E-state index contributed by atoms with van der Waals surface area (Å²) in [5.41, 5.74) is 0. The van der Waals surface area contributed by atoms with Crippen molar-refractivity contribution >= 4 is 5.97 Å². The van der Waals surface area contributed by atoms with Gasteiger partial charge in [-0.2, -0.15) is 0 Å². The van der Waals surface area contributed by atoms with E-state index >= 15 is 0 Å². The van der Waals surface area contributed by atoms with Crippen molar-refractivity contribution in [2.45, 2.75) is 26.7 Å². The molecule has 0 aliphatic heterocycles. The van der Waals surface area contributed by atoms with E-state index in [1.165, 1.54) is 6.08 Å². The summed E-state index contributed by atoms with van der Waals surface area (Å²) in [6, 6.07) is 0. The Kier molecular flexibility index (Phi) is 4.63. The van der Waals surface area contributed by atoms with Crippen molar-refractivity contribution in [2.24, 2.45) is 5.92 Å². The first-order valence-corrected chi connectivity index (χ1v) is 3.56. The molecule has 0 aliphatic rings. The van der Waals surface area contributed by atoms with Gasteiger partial charge in [-0.05, 0) is 12.3 Å². The van der Waals surface area contributed by atoms with Crippen LogP contribution in [0.1, 0.15) is 26.7 Å². The fourth-order valence-corrected chi connectivity index (χ4v) is 0.568. The van der Waals surface area contributed by atoms with E-state index in [-0.39, 0.29) is 0 Å². The Morgan fingerprint density at radius 3 is 2.70 bits per heavy atom. The molecular weight excluding hydrogens is 128 g/mol. The van der Waals surface area contributed by atoms with Crippen molar-refractivity contribution in [3.8, 4) is 0 Å². The number of hydrogen-bond acceptors (Lipinski definition) is 1. The minimum absolute atomic E-state index is 0.593. The summed E-state index contributed by atoms with van der Waals surface area (Å²) in [4.78, 5) is 9.98. The van der Waals surface area contributed by atoms with Crippen LogP contribution in [0.25, 0.3) is 0 Å². The lowest BCUT2D eigenvalue weighted by atomic mass is 10.1. The summed E-state index contributed by atoms with van der Waals surface area (Å²) in [5.74, 6) is -0.265. The zero-order valence-corrected chi connectivity index (χ0v) is 6.50. The Bertz CT molecular complexity index is 127. The summed E-state index contributed by atoms with van der Waals surface area (Å²) < 4.78 is 0. The summed E-state index contributed by atoms with van der Waals surface area (Å²) in [6.45, 7) is 4.20. The van der Waals surface area contributed by atoms with E-state index in [9.17, 15) is 4.79 Å². The van der Waals surface area contributed by atoms with Gasteiger partial charge in [-0.1, -0.05) is 26.3 Å². The van der Waals surface area contributed by atoms with Gasteiger partial charge in [-0.15, -0.1) is 0 Å². The lowest BCUT2D eigenvalue weighted by Crippen LogP contribution is -1.90. The maximum atomic E-state index is 9.98. The maximum Gasteiger partial charge on any atom is 0.327 e. The van der Waals surface area contributed by atoms with Crippen molar-refractivity contribution in [1.82, 2.24) is 0 Å². The van der Waals surface area contributed by atoms with Gasteiger partial charge in [0.2, 0.25) is 0 Å². The molecule has 0 aromatic carbocycles. The average Bonchev–Trinajstić information content (AvgIpc) is 1.87. The topological polar surface area (TPSA) is 37.3 Å². The summed E-state index contributed by atoms with van der Waals surface area (Å²) in [6.07, 6.45) is 4.87. The van der Waals surface area contributed by atoms with Crippen LogP contribution in [0.3, 0.4) is 0 Å². The first-order valence-electron chi connectivity index (χ1n) is 3.56. The zero-order chi connectivity index (χ0) is 7.98. The molecule has 0 radical (unpaired) electrons. The normalized spacial score (nSPS) is 13.8. The highest BCUT2D eigenvalue weighted by molar-refractivity contribution is 5.79. The Hall–Kier alpha value is -0.790. The first kappa shape index (κ1) is 9.21. The molecule has 10 heavy (non-hydrogen) atoms. The van der Waals surface area contributed by atoms with Crippen LogP contribution in [0.5, 0.6) is 0 Å². The number of carbonyl (C=O) groups is 1. The first-order chi connectivity index (χ1) is 4.66. The number of hydrogen-bond donors (Lipinski definition) is 1. The number of carboxylic acids is 1. The molecule has 0 unspecified atom stereocenters. The average molecular weight is 142 g/mol. The number of aliphatic carboxylic acids is 1. The van der Waals surface area contributed by atoms with E-state index in [2.05, 4.69) is 13.8 Å². The Labute approximate surface area is 61.6 Å². The summed E-state index contributed by atoms with van der Waals surface area (Å²) >= 11 is 0. The van der Waals surface area contributed by atoms with Crippen LogP contribution in [0.15, 0.2) is 12.2 Å². The van der Waals surface area contributed by atoms with Gasteiger partial charge in [0.15, 0.2) is 0 Å². The van der Waals surface area contributed by atoms with Crippen molar-refractivity contribution in [2.75, 3.05) is 0 Å². The summed E-state index contributed by atoms with van der Waals surface area (Å²) in [7, 11) is 0. The van der Waals surface area contributed by atoms with Crippen LogP contribution < -0.4 is 0 Å². The van der Waals surface area contributed by atoms with E-state index in [1.54, 1.807) is 6.08 Å². The minimum atomic E-state index is -0.858. The quantitative estimate of drug-likeness (QED) is 0.610. The predicted molar refractivity (Wildman–Crippen MR) is 40.8 cm³/mol. The Morgan fingerprint density at radius 2 is 2.30 bits per heavy atom. The maximum absolute atomic E-state index is 9.98. The monoisotopic (exact) mass is 142 g/mol. The standard InChI is InChI=1S/C8H14O2/c1-3-7(2)5-4-6-8(9)10/h4,6-7H,3,5H2,1-2H3,(H,9,10)/b6-4+/t7-/m1/s1. The number of allylic oxidation sites excluding steroid dienone is 1. The van der Waals surface area contributed by atoms with Crippen molar-refractivity contribution < 1.29 is 9.90 Å². The highest BCUT2D eigenvalue weighted by Gasteiger charge is 1.93. The third-order valence-corrected chi connectivity index (χ3v) is 1.50. The zero-order valence-electron chi connectivity index (χ0n) is 6.50. The highest BCUT2D eigenvalue weighted by Crippen LogP contribution is 2.05. The van der Waals surface area contributed by atoms with Gasteiger partial charge in [0.1, 0.15) is 0 Å².